The summed E-state index contributed by atoms with van der Waals surface area (Å²) in [4.78, 5) is 2.32. The van der Waals surface area contributed by atoms with Crippen molar-refractivity contribution in [1.82, 2.24) is 0 Å². The summed E-state index contributed by atoms with van der Waals surface area (Å²) >= 11 is 0. The van der Waals surface area contributed by atoms with Gasteiger partial charge in [0.05, 0.1) is 6.10 Å². The SMILES string of the molecule is CCOC1CCN(c2cc(C)ccc2C(=N)N)CC1. The summed E-state index contributed by atoms with van der Waals surface area (Å²) in [6, 6.07) is 6.08. The van der Waals surface area contributed by atoms with Gasteiger partial charge in [-0.05, 0) is 44.4 Å². The van der Waals surface area contributed by atoms with Gasteiger partial charge in [0.1, 0.15) is 5.84 Å². The molecule has 2 rings (SSSR count). The van der Waals surface area contributed by atoms with Crippen LogP contribution in [0.25, 0.3) is 0 Å². The predicted molar refractivity (Wildman–Crippen MR) is 79.1 cm³/mol. The van der Waals surface area contributed by atoms with Crippen LogP contribution in [0.2, 0.25) is 0 Å². The zero-order valence-corrected chi connectivity index (χ0v) is 11.8. The molecular weight excluding hydrogens is 238 g/mol. The summed E-state index contributed by atoms with van der Waals surface area (Å²) in [6.45, 7) is 6.83. The fourth-order valence-corrected chi connectivity index (χ4v) is 2.63. The number of ether oxygens (including phenoxy) is 1. The number of benzene rings is 1. The Kier molecular flexibility index (Phi) is 4.43. The maximum absolute atomic E-state index is 7.70. The van der Waals surface area contributed by atoms with E-state index in [1.165, 1.54) is 5.56 Å². The highest BCUT2D eigenvalue weighted by Crippen LogP contribution is 2.26. The Morgan fingerprint density at radius 3 is 2.68 bits per heavy atom. The molecule has 1 aliphatic heterocycles. The molecule has 104 valence electrons. The Morgan fingerprint density at radius 2 is 2.11 bits per heavy atom. The van der Waals surface area contributed by atoms with E-state index >= 15 is 0 Å². The number of nitrogens with two attached hydrogens (primary N) is 1. The summed E-state index contributed by atoms with van der Waals surface area (Å²) in [5.41, 5.74) is 8.80. The van der Waals surface area contributed by atoms with Crippen molar-refractivity contribution in [1.29, 1.82) is 5.41 Å². The standard InChI is InChI=1S/C15H23N3O/c1-3-19-12-6-8-18(9-7-12)14-10-11(2)4-5-13(14)15(16)17/h4-5,10,12H,3,6-9H2,1-2H3,(H3,16,17). The highest BCUT2D eigenvalue weighted by atomic mass is 16.5. The number of nitrogens with one attached hydrogen (secondary N) is 1. The van der Waals surface area contributed by atoms with E-state index in [4.69, 9.17) is 15.9 Å². The Hall–Kier alpha value is -1.55. The molecule has 0 unspecified atom stereocenters. The van der Waals surface area contributed by atoms with E-state index in [-0.39, 0.29) is 5.84 Å². The molecule has 4 nitrogen and oxygen atoms in total. The number of aryl methyl sites for hydroxylation is 1. The monoisotopic (exact) mass is 261 g/mol. The molecule has 3 N–H and O–H groups in total. The van der Waals surface area contributed by atoms with E-state index in [2.05, 4.69) is 17.9 Å². The number of amidine groups is 1. The summed E-state index contributed by atoms with van der Waals surface area (Å²) in [5, 5.41) is 7.70. The number of rotatable bonds is 4. The van der Waals surface area contributed by atoms with E-state index in [1.54, 1.807) is 0 Å². The van der Waals surface area contributed by atoms with E-state index in [9.17, 15) is 0 Å². The molecule has 1 fully saturated rings. The first-order chi connectivity index (χ1) is 9.11. The van der Waals surface area contributed by atoms with Gasteiger partial charge in [0.25, 0.3) is 0 Å². The minimum absolute atomic E-state index is 0.141. The highest BCUT2D eigenvalue weighted by Gasteiger charge is 2.21. The topological polar surface area (TPSA) is 62.3 Å². The minimum atomic E-state index is 0.141. The summed E-state index contributed by atoms with van der Waals surface area (Å²) in [7, 11) is 0. The van der Waals surface area contributed by atoms with Gasteiger partial charge < -0.3 is 15.4 Å². The molecule has 0 amide bonds. The molecule has 0 aromatic heterocycles. The smallest absolute Gasteiger partial charge is 0.124 e. The number of anilines is 1. The van der Waals surface area contributed by atoms with E-state index < -0.39 is 0 Å². The average molecular weight is 261 g/mol. The van der Waals surface area contributed by atoms with Crippen molar-refractivity contribution in [2.24, 2.45) is 5.73 Å². The molecule has 1 aliphatic rings. The molecule has 1 aromatic carbocycles. The number of nitrogen functional groups attached to an aromatic ring is 1. The zero-order valence-electron chi connectivity index (χ0n) is 11.8. The molecule has 0 saturated carbocycles. The molecule has 1 heterocycles. The quantitative estimate of drug-likeness (QED) is 0.645. The lowest BCUT2D eigenvalue weighted by molar-refractivity contribution is 0.0459. The molecule has 1 aromatic rings. The number of piperidine rings is 1. The van der Waals surface area contributed by atoms with Gasteiger partial charge in [0.2, 0.25) is 0 Å². The fourth-order valence-electron chi connectivity index (χ4n) is 2.63. The fraction of sp³-hybridized carbons (Fsp3) is 0.533. The molecule has 0 aliphatic carbocycles. The third-order valence-electron chi connectivity index (χ3n) is 3.63. The summed E-state index contributed by atoms with van der Waals surface area (Å²) < 4.78 is 5.67. The summed E-state index contributed by atoms with van der Waals surface area (Å²) in [6.07, 6.45) is 2.46. The second-order valence-corrected chi connectivity index (χ2v) is 5.08. The van der Waals surface area contributed by atoms with E-state index in [1.807, 2.05) is 19.1 Å². The van der Waals surface area contributed by atoms with Crippen molar-refractivity contribution < 1.29 is 4.74 Å². The van der Waals surface area contributed by atoms with Crippen molar-refractivity contribution >= 4 is 11.5 Å². The average Bonchev–Trinajstić information content (AvgIpc) is 2.39. The lowest BCUT2D eigenvalue weighted by Gasteiger charge is -2.34. The van der Waals surface area contributed by atoms with Gasteiger partial charge in [-0.15, -0.1) is 0 Å². The van der Waals surface area contributed by atoms with Crippen LogP contribution in [0.4, 0.5) is 5.69 Å². The van der Waals surface area contributed by atoms with E-state index in [0.717, 1.165) is 43.8 Å². The highest BCUT2D eigenvalue weighted by molar-refractivity contribution is 6.00. The van der Waals surface area contributed by atoms with Crippen molar-refractivity contribution in [2.45, 2.75) is 32.8 Å². The molecule has 19 heavy (non-hydrogen) atoms. The number of nitrogens with zero attached hydrogens (tertiary/aromatic N) is 1. The Bertz CT molecular complexity index is 451. The lowest BCUT2D eigenvalue weighted by Crippen LogP contribution is -2.38. The van der Waals surface area contributed by atoms with Crippen LogP contribution < -0.4 is 10.6 Å². The van der Waals surface area contributed by atoms with Crippen molar-refractivity contribution in [3.8, 4) is 0 Å². The van der Waals surface area contributed by atoms with Crippen LogP contribution in [0.15, 0.2) is 18.2 Å². The second kappa shape index (κ2) is 6.06. The molecule has 0 radical (unpaired) electrons. The maximum atomic E-state index is 7.70. The number of hydrogen-bond acceptors (Lipinski definition) is 3. The first kappa shape index (κ1) is 13.9. The van der Waals surface area contributed by atoms with Gasteiger partial charge in [-0.25, -0.2) is 0 Å². The molecular formula is C15H23N3O. The van der Waals surface area contributed by atoms with Crippen molar-refractivity contribution in [3.63, 3.8) is 0 Å². The Morgan fingerprint density at radius 1 is 1.42 bits per heavy atom. The van der Waals surface area contributed by atoms with Crippen molar-refractivity contribution in [2.75, 3.05) is 24.6 Å². The van der Waals surface area contributed by atoms with Gasteiger partial charge in [-0.2, -0.15) is 0 Å². The molecule has 4 heteroatoms. The van der Waals surface area contributed by atoms with Crippen LogP contribution in [0, 0.1) is 12.3 Å². The Labute approximate surface area is 115 Å². The molecule has 0 atom stereocenters. The maximum Gasteiger partial charge on any atom is 0.124 e. The van der Waals surface area contributed by atoms with Gasteiger partial charge in [0.15, 0.2) is 0 Å². The van der Waals surface area contributed by atoms with Crippen LogP contribution in [0.5, 0.6) is 0 Å². The third-order valence-corrected chi connectivity index (χ3v) is 3.63. The molecule has 0 bridgehead atoms. The lowest BCUT2D eigenvalue weighted by atomic mass is 10.0. The van der Waals surface area contributed by atoms with Crippen LogP contribution in [-0.4, -0.2) is 31.6 Å². The number of hydrogen-bond donors (Lipinski definition) is 2. The first-order valence-corrected chi connectivity index (χ1v) is 6.93. The van der Waals surface area contributed by atoms with Crippen LogP contribution in [0.1, 0.15) is 30.9 Å². The van der Waals surface area contributed by atoms with Gasteiger partial charge >= 0.3 is 0 Å². The summed E-state index contributed by atoms with van der Waals surface area (Å²) in [5.74, 6) is 0.141. The van der Waals surface area contributed by atoms with Crippen LogP contribution >= 0.6 is 0 Å². The first-order valence-electron chi connectivity index (χ1n) is 6.93. The Balaban J connectivity index is 2.14. The van der Waals surface area contributed by atoms with Crippen LogP contribution in [-0.2, 0) is 4.74 Å². The third kappa shape index (κ3) is 3.26. The second-order valence-electron chi connectivity index (χ2n) is 5.08. The van der Waals surface area contributed by atoms with Crippen LogP contribution in [0.3, 0.4) is 0 Å². The zero-order chi connectivity index (χ0) is 13.8. The predicted octanol–water partition coefficient (Wildman–Crippen LogP) is 2.28. The van der Waals surface area contributed by atoms with E-state index in [0.29, 0.717) is 6.10 Å². The molecule has 0 spiro atoms. The van der Waals surface area contributed by atoms with Gasteiger partial charge in [0, 0.05) is 30.9 Å². The van der Waals surface area contributed by atoms with Gasteiger partial charge in [-0.3, -0.25) is 5.41 Å². The largest absolute Gasteiger partial charge is 0.384 e. The normalized spacial score (nSPS) is 16.6. The van der Waals surface area contributed by atoms with Crippen molar-refractivity contribution in [3.05, 3.63) is 29.3 Å². The molecule has 1 saturated heterocycles. The minimum Gasteiger partial charge on any atom is -0.384 e. The van der Waals surface area contributed by atoms with Gasteiger partial charge in [-0.1, -0.05) is 6.07 Å².